The number of aliphatic imine (C=N–C) groups is 4. The van der Waals surface area contributed by atoms with Crippen molar-refractivity contribution in [3.63, 3.8) is 0 Å². The zero-order valence-electron chi connectivity index (χ0n) is 25.7. The number of ether oxygens (including phenoxy) is 4. The summed E-state index contributed by atoms with van der Waals surface area (Å²) in [5.41, 5.74) is 4.55. The maximum absolute atomic E-state index is 6.09. The van der Waals surface area contributed by atoms with E-state index in [0.717, 1.165) is 22.4 Å². The first kappa shape index (κ1) is 32.4. The topological polar surface area (TPSA) is 110 Å². The van der Waals surface area contributed by atoms with Crippen LogP contribution in [0.2, 0.25) is 0 Å². The van der Waals surface area contributed by atoms with Crippen molar-refractivity contribution in [3.8, 4) is 34.1 Å². The summed E-state index contributed by atoms with van der Waals surface area (Å²) in [6.45, 7) is 2.05. The first-order valence-electron chi connectivity index (χ1n) is 13.8. The van der Waals surface area contributed by atoms with Gasteiger partial charge in [-0.05, 0) is 96.4 Å². The minimum atomic E-state index is 0.277. The smallest absolute Gasteiger partial charge is 0.256 e. The molecule has 2 N–H and O–H groups in total. The number of hydrogen-bond acceptors (Lipinski definition) is 8. The lowest BCUT2D eigenvalue weighted by molar-refractivity contribution is 0.410. The van der Waals surface area contributed by atoms with Gasteiger partial charge in [0.05, 0.1) is 25.6 Å². The fourth-order valence-electron chi connectivity index (χ4n) is 4.24. The molecule has 0 spiro atoms. The SMILES string of the molecule is [B]NC(=NC)C(=Nc1ccc(Oc2ccc(-c3ccc(Oc4ccc(N=C(OC)C(=NC)N[B])cc4)cc3C)cc2)cc1)OC. The summed E-state index contributed by atoms with van der Waals surface area (Å²) >= 11 is 0. The summed E-state index contributed by atoms with van der Waals surface area (Å²) in [6.07, 6.45) is 0. The van der Waals surface area contributed by atoms with Gasteiger partial charge in [0.25, 0.3) is 11.8 Å². The molecule has 0 fully saturated rings. The van der Waals surface area contributed by atoms with Crippen LogP contribution in [0.4, 0.5) is 11.4 Å². The van der Waals surface area contributed by atoms with Gasteiger partial charge in [-0.2, -0.15) is 0 Å². The molecule has 0 heterocycles. The lowest BCUT2D eigenvalue weighted by Crippen LogP contribution is -2.30. The van der Waals surface area contributed by atoms with Gasteiger partial charge >= 0.3 is 0 Å². The number of rotatable bonds is 7. The molecule has 0 aromatic heterocycles. The summed E-state index contributed by atoms with van der Waals surface area (Å²) in [7, 11) is 17.1. The van der Waals surface area contributed by atoms with Crippen LogP contribution in [0.5, 0.6) is 23.0 Å². The lowest BCUT2D eigenvalue weighted by Gasteiger charge is -2.12. The minimum Gasteiger partial charge on any atom is -0.478 e. The van der Waals surface area contributed by atoms with E-state index >= 15 is 0 Å². The number of nitrogens with one attached hydrogen (secondary N) is 2. The van der Waals surface area contributed by atoms with E-state index in [4.69, 9.17) is 34.9 Å². The van der Waals surface area contributed by atoms with Gasteiger partial charge < -0.3 is 29.4 Å². The monoisotopic (exact) mass is 598 g/mol. The number of benzene rings is 4. The van der Waals surface area contributed by atoms with Crippen LogP contribution in [0.3, 0.4) is 0 Å². The second-order valence-electron chi connectivity index (χ2n) is 9.37. The molecule has 0 unspecified atom stereocenters. The van der Waals surface area contributed by atoms with Crippen molar-refractivity contribution in [1.29, 1.82) is 0 Å². The molecule has 0 saturated carbocycles. The van der Waals surface area contributed by atoms with E-state index in [0.29, 0.717) is 40.3 Å². The molecule has 4 radical (unpaired) electrons. The molecule has 0 saturated heterocycles. The van der Waals surface area contributed by atoms with Crippen LogP contribution >= 0.6 is 0 Å². The van der Waals surface area contributed by atoms with Crippen LogP contribution in [0.15, 0.2) is 111 Å². The standard InChI is InChI=1S/C33H32B2N6O4/c1-21-20-28(45-27-16-10-24(11-17-27)39-33(43-5)31(37-3)41-35)18-19-29(21)22-6-12-25(13-7-22)44-26-14-8-23(9-15-26)38-32(42-4)30(36-2)40-34/h6-20H,1-5H3,(H,36,40)(H,37,41). The van der Waals surface area contributed by atoms with Gasteiger partial charge in [-0.1, -0.05) is 18.2 Å². The Morgan fingerprint density at radius 2 is 0.978 bits per heavy atom. The molecular weight excluding hydrogens is 566 g/mol. The number of amidine groups is 2. The molecule has 0 amide bonds. The third-order valence-corrected chi connectivity index (χ3v) is 6.48. The lowest BCUT2D eigenvalue weighted by atomic mass is 10.0. The molecule has 224 valence electrons. The number of nitrogens with zero attached hydrogens (tertiary/aromatic N) is 4. The number of aryl methyl sites for hydroxylation is 1. The molecule has 0 atom stereocenters. The Balaban J connectivity index is 1.40. The molecule has 0 bridgehead atoms. The zero-order valence-corrected chi connectivity index (χ0v) is 25.7. The Bertz CT molecular complexity index is 1710. The van der Waals surface area contributed by atoms with E-state index in [1.54, 1.807) is 14.1 Å². The highest BCUT2D eigenvalue weighted by atomic mass is 16.5. The van der Waals surface area contributed by atoms with Gasteiger partial charge in [-0.15, -0.1) is 0 Å². The second kappa shape index (κ2) is 15.8. The molecule has 12 heteroatoms. The van der Waals surface area contributed by atoms with Crippen molar-refractivity contribution in [2.45, 2.75) is 6.92 Å². The van der Waals surface area contributed by atoms with Crippen molar-refractivity contribution in [1.82, 2.24) is 10.5 Å². The van der Waals surface area contributed by atoms with Gasteiger partial charge in [-0.3, -0.25) is 9.98 Å². The van der Waals surface area contributed by atoms with Crippen molar-refractivity contribution in [2.24, 2.45) is 20.0 Å². The zero-order chi connectivity index (χ0) is 32.2. The van der Waals surface area contributed by atoms with Gasteiger partial charge in [0.2, 0.25) is 16.0 Å². The maximum atomic E-state index is 6.09. The summed E-state index contributed by atoms with van der Waals surface area (Å²) in [4.78, 5) is 16.8. The van der Waals surface area contributed by atoms with Crippen molar-refractivity contribution in [3.05, 3.63) is 96.6 Å². The second-order valence-corrected chi connectivity index (χ2v) is 9.37. The van der Waals surface area contributed by atoms with E-state index in [9.17, 15) is 0 Å². The molecule has 0 aliphatic heterocycles. The first-order chi connectivity index (χ1) is 21.9. The highest BCUT2D eigenvalue weighted by Gasteiger charge is 2.09. The predicted octanol–water partition coefficient (Wildman–Crippen LogP) is 6.00. The van der Waals surface area contributed by atoms with Crippen molar-refractivity contribution < 1.29 is 18.9 Å². The fraction of sp³-hybridized carbons (Fsp3) is 0.152. The molecule has 4 rings (SSSR count). The van der Waals surface area contributed by atoms with Crippen LogP contribution in [0.1, 0.15) is 5.56 Å². The molecule has 0 aliphatic rings. The van der Waals surface area contributed by atoms with Gasteiger partial charge in [0, 0.05) is 14.1 Å². The van der Waals surface area contributed by atoms with Gasteiger partial charge in [0.1, 0.15) is 23.0 Å². The summed E-state index contributed by atoms with van der Waals surface area (Å²) in [6, 6.07) is 28.5. The van der Waals surface area contributed by atoms with Gasteiger partial charge in [0.15, 0.2) is 11.7 Å². The molecule has 0 aliphatic carbocycles. The number of hydrogen-bond donors (Lipinski definition) is 2. The Morgan fingerprint density at radius 1 is 0.578 bits per heavy atom. The van der Waals surface area contributed by atoms with Crippen molar-refractivity contribution >= 4 is 50.8 Å². The Hall–Kier alpha value is -5.51. The number of methoxy groups -OCH3 is 2. The highest BCUT2D eigenvalue weighted by molar-refractivity contribution is 6.44. The maximum Gasteiger partial charge on any atom is 0.256 e. The fourth-order valence-corrected chi connectivity index (χ4v) is 4.24. The molecule has 45 heavy (non-hydrogen) atoms. The minimum absolute atomic E-state index is 0.277. The summed E-state index contributed by atoms with van der Waals surface area (Å²) < 4.78 is 22.7. The van der Waals surface area contributed by atoms with Gasteiger partial charge in [-0.25, -0.2) is 9.98 Å². The molecule has 10 nitrogen and oxygen atoms in total. The average Bonchev–Trinajstić information content (AvgIpc) is 3.07. The van der Waals surface area contributed by atoms with E-state index < -0.39 is 0 Å². The van der Waals surface area contributed by atoms with Crippen LogP contribution in [-0.2, 0) is 9.47 Å². The van der Waals surface area contributed by atoms with Crippen LogP contribution in [-0.4, -0.2) is 67.7 Å². The first-order valence-corrected chi connectivity index (χ1v) is 13.8. The van der Waals surface area contributed by atoms with E-state index in [2.05, 4.69) is 30.4 Å². The third-order valence-electron chi connectivity index (χ3n) is 6.48. The Morgan fingerprint density at radius 3 is 1.36 bits per heavy atom. The third kappa shape index (κ3) is 8.53. The average molecular weight is 598 g/mol. The summed E-state index contributed by atoms with van der Waals surface area (Å²) in [5, 5.41) is 4.93. The van der Waals surface area contributed by atoms with Crippen molar-refractivity contribution in [2.75, 3.05) is 28.3 Å². The van der Waals surface area contributed by atoms with Crippen LogP contribution in [0.25, 0.3) is 11.1 Å². The summed E-state index contributed by atoms with van der Waals surface area (Å²) in [5.74, 6) is 4.01. The largest absolute Gasteiger partial charge is 0.478 e. The molecule has 4 aromatic rings. The molecule has 4 aromatic carbocycles. The predicted molar refractivity (Wildman–Crippen MR) is 182 cm³/mol. The normalized spacial score (nSPS) is 12.4. The van der Waals surface area contributed by atoms with E-state index in [1.807, 2.05) is 97.9 Å². The van der Waals surface area contributed by atoms with Crippen LogP contribution in [0, 0.1) is 6.92 Å². The van der Waals surface area contributed by atoms with E-state index in [1.165, 1.54) is 14.2 Å². The Labute approximate surface area is 265 Å². The van der Waals surface area contributed by atoms with E-state index in [-0.39, 0.29) is 11.8 Å². The quantitative estimate of drug-likeness (QED) is 0.153. The highest BCUT2D eigenvalue weighted by Crippen LogP contribution is 2.32. The van der Waals surface area contributed by atoms with Crippen LogP contribution < -0.4 is 19.9 Å². The Kier molecular flexibility index (Phi) is 11.4. The molecular formula is C33H32B2N6O4.